The van der Waals surface area contributed by atoms with Crippen LogP contribution < -0.4 is 0 Å². The Hall–Kier alpha value is -1.55. The number of amides is 1. The first kappa shape index (κ1) is 13.4. The molecule has 0 aliphatic carbocycles. The topological polar surface area (TPSA) is 43.8 Å². The van der Waals surface area contributed by atoms with Gasteiger partial charge >= 0.3 is 0 Å². The summed E-state index contributed by atoms with van der Waals surface area (Å²) in [7, 11) is 2.19. The molecular weight excluding hydrogens is 252 g/mol. The van der Waals surface area contributed by atoms with Crippen LogP contribution in [0.1, 0.15) is 24.8 Å². The van der Waals surface area contributed by atoms with Crippen molar-refractivity contribution in [2.75, 3.05) is 20.1 Å². The summed E-state index contributed by atoms with van der Waals surface area (Å²) in [6.45, 7) is 1.72. The molecular formula is C16H22N2O2. The van der Waals surface area contributed by atoms with Gasteiger partial charge in [-0.05, 0) is 44.0 Å². The van der Waals surface area contributed by atoms with Crippen LogP contribution >= 0.6 is 0 Å². The van der Waals surface area contributed by atoms with Crippen molar-refractivity contribution >= 4 is 5.91 Å². The maximum absolute atomic E-state index is 12.4. The van der Waals surface area contributed by atoms with Gasteiger partial charge in [0.25, 0.3) is 0 Å². The lowest BCUT2D eigenvalue weighted by atomic mass is 10.1. The highest BCUT2D eigenvalue weighted by molar-refractivity contribution is 5.79. The van der Waals surface area contributed by atoms with E-state index in [2.05, 4.69) is 11.9 Å². The Kier molecular flexibility index (Phi) is 3.66. The van der Waals surface area contributed by atoms with Crippen molar-refractivity contribution in [3.8, 4) is 5.75 Å². The van der Waals surface area contributed by atoms with E-state index in [1.165, 1.54) is 12.8 Å². The van der Waals surface area contributed by atoms with Crippen LogP contribution in [0, 0.1) is 0 Å². The zero-order valence-electron chi connectivity index (χ0n) is 12.0. The fourth-order valence-corrected chi connectivity index (χ4v) is 3.49. The Morgan fingerprint density at radius 3 is 2.90 bits per heavy atom. The highest BCUT2D eigenvalue weighted by atomic mass is 16.3. The highest BCUT2D eigenvalue weighted by Gasteiger charge is 2.35. The van der Waals surface area contributed by atoms with E-state index in [1.807, 2.05) is 11.0 Å². The first-order chi connectivity index (χ1) is 9.63. The highest BCUT2D eigenvalue weighted by Crippen LogP contribution is 2.28. The Morgan fingerprint density at radius 1 is 1.30 bits per heavy atom. The van der Waals surface area contributed by atoms with Crippen LogP contribution in [-0.4, -0.2) is 53.0 Å². The van der Waals surface area contributed by atoms with Crippen molar-refractivity contribution in [1.82, 2.24) is 9.80 Å². The van der Waals surface area contributed by atoms with Gasteiger partial charge in [-0.3, -0.25) is 9.69 Å². The molecule has 0 aromatic heterocycles. The molecule has 20 heavy (non-hydrogen) atoms. The number of phenolic OH excluding ortho intramolecular Hbond substituents is 1. The van der Waals surface area contributed by atoms with Crippen LogP contribution in [0.15, 0.2) is 24.3 Å². The zero-order chi connectivity index (χ0) is 14.1. The molecule has 0 saturated carbocycles. The molecule has 1 aromatic rings. The number of fused-ring (bicyclic) bond motifs is 2. The summed E-state index contributed by atoms with van der Waals surface area (Å²) in [6, 6.07) is 8.17. The van der Waals surface area contributed by atoms with E-state index >= 15 is 0 Å². The second kappa shape index (κ2) is 5.44. The minimum absolute atomic E-state index is 0.177. The molecule has 4 heteroatoms. The number of rotatable bonds is 2. The molecule has 0 radical (unpaired) electrons. The maximum Gasteiger partial charge on any atom is 0.227 e. The van der Waals surface area contributed by atoms with Gasteiger partial charge in [-0.25, -0.2) is 0 Å². The van der Waals surface area contributed by atoms with E-state index in [4.69, 9.17) is 0 Å². The van der Waals surface area contributed by atoms with Gasteiger partial charge in [0.15, 0.2) is 0 Å². The van der Waals surface area contributed by atoms with Gasteiger partial charge in [-0.15, -0.1) is 0 Å². The van der Waals surface area contributed by atoms with Gasteiger partial charge in [0, 0.05) is 25.2 Å². The first-order valence-electron chi connectivity index (χ1n) is 7.41. The average Bonchev–Trinajstić information content (AvgIpc) is 2.63. The molecule has 2 bridgehead atoms. The number of likely N-dealkylation sites (N-methyl/N-ethyl adjacent to an activating group) is 1. The monoisotopic (exact) mass is 274 g/mol. The Labute approximate surface area is 120 Å². The molecule has 2 aliphatic rings. The standard InChI is InChI=1S/C16H22N2O2/c1-17-13-5-6-14(17)11-18(8-7-13)16(20)10-12-3-2-4-15(19)9-12/h2-4,9,13-14,19H,5-8,10-11H2,1H3. The number of carbonyl (C=O) groups is 1. The van der Waals surface area contributed by atoms with Crippen LogP contribution in [0.25, 0.3) is 0 Å². The zero-order valence-corrected chi connectivity index (χ0v) is 12.0. The molecule has 0 spiro atoms. The van der Waals surface area contributed by atoms with E-state index in [-0.39, 0.29) is 11.7 Å². The summed E-state index contributed by atoms with van der Waals surface area (Å²) in [5.41, 5.74) is 0.887. The predicted molar refractivity (Wildman–Crippen MR) is 77.6 cm³/mol. The van der Waals surface area contributed by atoms with E-state index < -0.39 is 0 Å². The summed E-state index contributed by atoms with van der Waals surface area (Å²) in [6.07, 6.45) is 3.95. The quantitative estimate of drug-likeness (QED) is 0.891. The van der Waals surface area contributed by atoms with Crippen molar-refractivity contribution in [3.63, 3.8) is 0 Å². The van der Waals surface area contributed by atoms with Gasteiger partial charge in [-0.1, -0.05) is 12.1 Å². The van der Waals surface area contributed by atoms with Crippen molar-refractivity contribution in [2.24, 2.45) is 0 Å². The molecule has 4 nitrogen and oxygen atoms in total. The number of carbonyl (C=O) groups excluding carboxylic acids is 1. The van der Waals surface area contributed by atoms with E-state index in [1.54, 1.807) is 18.2 Å². The average molecular weight is 274 g/mol. The molecule has 108 valence electrons. The van der Waals surface area contributed by atoms with Crippen LogP contribution in [0.2, 0.25) is 0 Å². The Balaban J connectivity index is 1.65. The molecule has 3 rings (SSSR count). The molecule has 2 saturated heterocycles. The number of nitrogens with zero attached hydrogens (tertiary/aromatic N) is 2. The molecule has 2 unspecified atom stereocenters. The summed E-state index contributed by atoms with van der Waals surface area (Å²) < 4.78 is 0. The van der Waals surface area contributed by atoms with Gasteiger partial charge in [0.2, 0.25) is 5.91 Å². The van der Waals surface area contributed by atoms with Crippen LogP contribution in [0.4, 0.5) is 0 Å². The molecule has 2 fully saturated rings. The lowest BCUT2D eigenvalue weighted by Crippen LogP contribution is -2.40. The fourth-order valence-electron chi connectivity index (χ4n) is 3.49. The number of benzene rings is 1. The SMILES string of the molecule is CN1C2CCC1CN(C(=O)Cc1cccc(O)c1)CC2. The molecule has 1 amide bonds. The summed E-state index contributed by atoms with van der Waals surface area (Å²) in [5, 5.41) is 9.47. The predicted octanol–water partition coefficient (Wildman–Crippen LogP) is 1.63. The van der Waals surface area contributed by atoms with Gasteiger partial charge in [0.1, 0.15) is 5.75 Å². The lowest BCUT2D eigenvalue weighted by Gasteiger charge is -2.26. The molecule has 2 heterocycles. The summed E-state index contributed by atoms with van der Waals surface area (Å²) in [4.78, 5) is 16.9. The molecule has 1 N–H and O–H groups in total. The molecule has 1 aromatic carbocycles. The van der Waals surface area contributed by atoms with Crippen molar-refractivity contribution in [3.05, 3.63) is 29.8 Å². The smallest absolute Gasteiger partial charge is 0.227 e. The largest absolute Gasteiger partial charge is 0.508 e. The van der Waals surface area contributed by atoms with Gasteiger partial charge < -0.3 is 10.0 Å². The van der Waals surface area contributed by atoms with Gasteiger partial charge in [0.05, 0.1) is 6.42 Å². The third kappa shape index (κ3) is 2.66. The van der Waals surface area contributed by atoms with Crippen molar-refractivity contribution in [2.45, 2.75) is 37.8 Å². The summed E-state index contributed by atoms with van der Waals surface area (Å²) >= 11 is 0. The minimum Gasteiger partial charge on any atom is -0.508 e. The van der Waals surface area contributed by atoms with Crippen LogP contribution in [0.5, 0.6) is 5.75 Å². The van der Waals surface area contributed by atoms with Crippen molar-refractivity contribution in [1.29, 1.82) is 0 Å². The number of hydrogen-bond donors (Lipinski definition) is 1. The minimum atomic E-state index is 0.177. The lowest BCUT2D eigenvalue weighted by molar-refractivity contribution is -0.130. The second-order valence-electron chi connectivity index (χ2n) is 6.03. The van der Waals surface area contributed by atoms with E-state index in [0.29, 0.717) is 18.5 Å². The van der Waals surface area contributed by atoms with Crippen LogP contribution in [0.3, 0.4) is 0 Å². The van der Waals surface area contributed by atoms with Crippen LogP contribution in [-0.2, 0) is 11.2 Å². The fraction of sp³-hybridized carbons (Fsp3) is 0.562. The Morgan fingerprint density at radius 2 is 2.10 bits per heavy atom. The third-order valence-electron chi connectivity index (χ3n) is 4.77. The second-order valence-corrected chi connectivity index (χ2v) is 6.03. The van der Waals surface area contributed by atoms with E-state index in [0.717, 1.165) is 25.1 Å². The van der Waals surface area contributed by atoms with Crippen molar-refractivity contribution < 1.29 is 9.90 Å². The Bertz CT molecular complexity index is 503. The first-order valence-corrected chi connectivity index (χ1v) is 7.41. The number of likely N-dealkylation sites (tertiary alicyclic amines) is 1. The normalized spacial score (nSPS) is 26.6. The number of phenols is 1. The van der Waals surface area contributed by atoms with Gasteiger partial charge in [-0.2, -0.15) is 0 Å². The maximum atomic E-state index is 12.4. The number of aromatic hydroxyl groups is 1. The third-order valence-corrected chi connectivity index (χ3v) is 4.77. The molecule has 2 atom stereocenters. The summed E-state index contributed by atoms with van der Waals surface area (Å²) in [5.74, 6) is 0.404. The van der Waals surface area contributed by atoms with E-state index in [9.17, 15) is 9.90 Å². The number of hydrogen-bond acceptors (Lipinski definition) is 3. The molecule has 2 aliphatic heterocycles.